The number of nitrogens with one attached hydrogen (secondary N) is 2. The highest BCUT2D eigenvalue weighted by molar-refractivity contribution is 6.02. The van der Waals surface area contributed by atoms with Crippen LogP contribution in [0.25, 0.3) is 0 Å². The number of aromatic nitrogens is 2. The molecule has 17 heteroatoms. The predicted octanol–water partition coefficient (Wildman–Crippen LogP) is 6.42. The number of ether oxygens (including phenoxy) is 2. The van der Waals surface area contributed by atoms with Crippen LogP contribution >= 0.6 is 0 Å². The van der Waals surface area contributed by atoms with Gasteiger partial charge in [0.25, 0.3) is 5.91 Å². The van der Waals surface area contributed by atoms with Crippen molar-refractivity contribution in [3.8, 4) is 5.75 Å². The van der Waals surface area contributed by atoms with Gasteiger partial charge in [0, 0.05) is 32.6 Å². The molecule has 8 rings (SSSR count). The minimum Gasteiger partial charge on any atom is -0.495 e. The van der Waals surface area contributed by atoms with E-state index < -0.39 is 30.3 Å². The van der Waals surface area contributed by atoms with E-state index in [1.807, 2.05) is 6.07 Å². The molecule has 3 amide bonds. The lowest BCUT2D eigenvalue weighted by atomic mass is 9.61. The second kappa shape index (κ2) is 16.7. The number of hydrogen-bond acceptors (Lipinski definition) is 12. The highest BCUT2D eigenvalue weighted by atomic mass is 19.3. The zero-order valence-corrected chi connectivity index (χ0v) is 35.9. The number of rotatable bonds is 11. The summed E-state index contributed by atoms with van der Waals surface area (Å²) in [5.41, 5.74) is 2.30. The van der Waals surface area contributed by atoms with Gasteiger partial charge in [0.15, 0.2) is 5.82 Å². The number of hydrogen-bond donors (Lipinski definition) is 2. The zero-order chi connectivity index (χ0) is 44.1. The van der Waals surface area contributed by atoms with E-state index in [4.69, 9.17) is 9.47 Å². The fraction of sp³-hybridized carbons (Fsp3) is 0.556. The Labute approximate surface area is 359 Å². The molecule has 3 aromatic rings. The summed E-state index contributed by atoms with van der Waals surface area (Å²) in [5, 5.41) is 5.42. The van der Waals surface area contributed by atoms with E-state index in [-0.39, 0.29) is 64.5 Å². The molecule has 4 fully saturated rings. The van der Waals surface area contributed by atoms with Gasteiger partial charge in [0.05, 0.1) is 42.7 Å². The molecule has 4 aliphatic heterocycles. The quantitative estimate of drug-likeness (QED) is 0.162. The summed E-state index contributed by atoms with van der Waals surface area (Å²) in [6.45, 7) is 9.39. The number of methoxy groups -OCH3 is 1. The maximum absolute atomic E-state index is 15.4. The number of fused-ring (bicyclic) bond motifs is 1. The van der Waals surface area contributed by atoms with Crippen LogP contribution in [0, 0.1) is 16.6 Å². The third kappa shape index (κ3) is 8.64. The van der Waals surface area contributed by atoms with Gasteiger partial charge >= 0.3 is 11.9 Å². The van der Waals surface area contributed by atoms with E-state index in [9.17, 15) is 28.0 Å². The molecule has 1 aliphatic carbocycles. The second-order valence-corrected chi connectivity index (χ2v) is 18.5. The molecule has 2 aromatic carbocycles. The van der Waals surface area contributed by atoms with Crippen LogP contribution in [0.3, 0.4) is 0 Å². The average Bonchev–Trinajstić information content (AvgIpc) is 3.59. The van der Waals surface area contributed by atoms with E-state index in [0.29, 0.717) is 34.7 Å². The van der Waals surface area contributed by atoms with E-state index in [0.717, 1.165) is 76.1 Å². The number of alkyl halides is 2. The highest BCUT2D eigenvalue weighted by Gasteiger charge is 2.49. The Kier molecular flexibility index (Phi) is 11.6. The molecule has 5 aliphatic rings. The number of esters is 1. The highest BCUT2D eigenvalue weighted by Crippen LogP contribution is 2.51. The standard InChI is InChI=1S/C45H55F3N8O6/c1-27(2)56-26-45(47,48)41(60)53(4)35-24-49-42(52-38(35)56)50-33-9-6-29(21-36(33)61-5)40(59)62-30-22-44(23-30)14-17-54(18-15-44)16-12-43(3)13-19-55(25-43)34-10-7-28(20-32(34)46)31-8-11-37(57)51-39(31)58/h6-7,9-10,20-21,24,27,30-31H,8,11-19,22-23,25-26H2,1-5H3,(H,49,50,52)(H,51,57,58). The molecule has 2 unspecified atom stereocenters. The number of benzene rings is 2. The van der Waals surface area contributed by atoms with E-state index in [1.54, 1.807) is 38.1 Å². The van der Waals surface area contributed by atoms with Crippen LogP contribution in [0.1, 0.15) is 94.0 Å². The summed E-state index contributed by atoms with van der Waals surface area (Å²) in [4.78, 5) is 65.4. The van der Waals surface area contributed by atoms with Crippen molar-refractivity contribution in [3.05, 3.63) is 59.5 Å². The van der Waals surface area contributed by atoms with Crippen LogP contribution in [0.2, 0.25) is 0 Å². The first-order valence-electron chi connectivity index (χ1n) is 21.5. The third-order valence-corrected chi connectivity index (χ3v) is 13.7. The molecule has 1 saturated carbocycles. The fourth-order valence-electron chi connectivity index (χ4n) is 9.79. The predicted molar refractivity (Wildman–Crippen MR) is 227 cm³/mol. The summed E-state index contributed by atoms with van der Waals surface area (Å²) in [7, 11) is 2.75. The summed E-state index contributed by atoms with van der Waals surface area (Å²) < 4.78 is 56.5. The Morgan fingerprint density at radius 1 is 1.02 bits per heavy atom. The molecule has 332 valence electrons. The van der Waals surface area contributed by atoms with Crippen LogP contribution in [-0.4, -0.2) is 110 Å². The first-order valence-corrected chi connectivity index (χ1v) is 21.5. The lowest BCUT2D eigenvalue weighted by Gasteiger charge is -2.51. The third-order valence-electron chi connectivity index (χ3n) is 13.7. The van der Waals surface area contributed by atoms with Crippen molar-refractivity contribution in [1.29, 1.82) is 0 Å². The van der Waals surface area contributed by atoms with Crippen molar-refractivity contribution in [2.75, 3.05) is 73.4 Å². The van der Waals surface area contributed by atoms with Gasteiger partial charge in [-0.25, -0.2) is 14.2 Å². The van der Waals surface area contributed by atoms with Crippen LogP contribution in [0.5, 0.6) is 5.75 Å². The molecular weight excluding hydrogens is 806 g/mol. The SMILES string of the molecule is COc1cc(C(=O)OC2CC3(CCN(CCC4(C)CCN(c5ccc(C6CCC(=O)NC6=O)cc5F)C4)CC3)C2)ccc1Nc1ncc2c(n1)N(C(C)C)CC(F)(F)C(=O)N2C. The van der Waals surface area contributed by atoms with Gasteiger partial charge in [0.1, 0.15) is 23.4 Å². The molecular formula is C45H55F3N8O6. The minimum absolute atomic E-state index is 0.0447. The first-order chi connectivity index (χ1) is 29.4. The number of nitrogens with zero attached hydrogens (tertiary/aromatic N) is 6. The molecule has 3 saturated heterocycles. The molecule has 1 spiro atoms. The summed E-state index contributed by atoms with van der Waals surface area (Å²) >= 11 is 0. The van der Waals surface area contributed by atoms with Crippen molar-refractivity contribution >= 4 is 52.5 Å². The molecule has 62 heavy (non-hydrogen) atoms. The Morgan fingerprint density at radius 3 is 2.47 bits per heavy atom. The second-order valence-electron chi connectivity index (χ2n) is 18.5. The minimum atomic E-state index is -3.61. The van der Waals surface area contributed by atoms with Crippen LogP contribution in [0.15, 0.2) is 42.6 Å². The van der Waals surface area contributed by atoms with Crippen molar-refractivity contribution in [3.63, 3.8) is 0 Å². The zero-order valence-electron chi connectivity index (χ0n) is 35.9. The maximum atomic E-state index is 15.4. The molecule has 5 heterocycles. The number of imide groups is 1. The van der Waals surface area contributed by atoms with Crippen LogP contribution in [-0.2, 0) is 19.1 Å². The van der Waals surface area contributed by atoms with Crippen molar-refractivity contribution in [1.82, 2.24) is 20.2 Å². The average molecular weight is 861 g/mol. The lowest BCUT2D eigenvalue weighted by Crippen LogP contribution is -2.50. The van der Waals surface area contributed by atoms with Gasteiger partial charge in [-0.3, -0.25) is 19.7 Å². The maximum Gasteiger partial charge on any atom is 0.342 e. The van der Waals surface area contributed by atoms with Gasteiger partial charge in [-0.1, -0.05) is 13.0 Å². The molecule has 0 bridgehead atoms. The van der Waals surface area contributed by atoms with Gasteiger partial charge in [-0.2, -0.15) is 13.8 Å². The van der Waals surface area contributed by atoms with Crippen LogP contribution in [0.4, 0.5) is 42.0 Å². The number of halogens is 3. The van der Waals surface area contributed by atoms with Crippen molar-refractivity contribution in [2.45, 2.75) is 96.1 Å². The van der Waals surface area contributed by atoms with Gasteiger partial charge in [-0.05, 0) is 125 Å². The van der Waals surface area contributed by atoms with Gasteiger partial charge in [0.2, 0.25) is 17.8 Å². The summed E-state index contributed by atoms with van der Waals surface area (Å²) in [6.07, 6.45) is 7.49. The van der Waals surface area contributed by atoms with Gasteiger partial charge in [-0.15, -0.1) is 0 Å². The number of anilines is 5. The fourth-order valence-corrected chi connectivity index (χ4v) is 9.79. The van der Waals surface area contributed by atoms with Crippen LogP contribution < -0.4 is 30.1 Å². The van der Waals surface area contributed by atoms with Gasteiger partial charge < -0.3 is 34.4 Å². The topological polar surface area (TPSA) is 150 Å². The van der Waals surface area contributed by atoms with E-state index >= 15 is 4.39 Å². The molecule has 2 N–H and O–H groups in total. The monoisotopic (exact) mass is 860 g/mol. The van der Waals surface area contributed by atoms with Crippen molar-refractivity contribution < 1.29 is 41.8 Å². The number of piperidine rings is 2. The largest absolute Gasteiger partial charge is 0.495 e. The van der Waals surface area contributed by atoms with E-state index in [1.165, 1.54) is 31.3 Å². The molecule has 1 aromatic heterocycles. The molecule has 14 nitrogen and oxygen atoms in total. The number of likely N-dealkylation sites (tertiary alicyclic amines) is 1. The first kappa shape index (κ1) is 43.2. The molecule has 2 atom stereocenters. The number of amides is 3. The Balaban J connectivity index is 0.800. The summed E-state index contributed by atoms with van der Waals surface area (Å²) in [5.74, 6) is -6.26. The Bertz CT molecular complexity index is 2240. The Hall–Kier alpha value is -5.45. The van der Waals surface area contributed by atoms with E-state index in [2.05, 4.69) is 37.3 Å². The summed E-state index contributed by atoms with van der Waals surface area (Å²) in [6, 6.07) is 9.51. The lowest BCUT2D eigenvalue weighted by molar-refractivity contribution is -0.140. The smallest absolute Gasteiger partial charge is 0.342 e. The number of carbonyl (C=O) groups is 4. The molecule has 0 radical (unpaired) electrons. The number of carbonyl (C=O) groups excluding carboxylic acids is 4. The van der Waals surface area contributed by atoms with Crippen molar-refractivity contribution in [2.24, 2.45) is 10.8 Å². The Morgan fingerprint density at radius 2 is 1.77 bits per heavy atom. The normalized spacial score (nSPS) is 23.9.